The molecule has 0 aromatic heterocycles. The minimum atomic E-state index is -2.00. The number of aliphatic hydroxyl groups excluding tert-OH is 1. The Morgan fingerprint density at radius 3 is 2.45 bits per heavy atom. The number of carbonyl (C=O) groups is 3. The molecule has 0 saturated carbocycles. The standard InChI is InChI=1S/C27H29NO10/c1-10-22(30)14(28)7-17(37-10)38-16-9-27(35,11(2)29)8-13-19(16)26(34)21-20(24(13)32)23(31)12-5-4-6-15(36-3)18(12)25(21)33/h4-6,10,14,16-17,22,30,32,34-35H,7-9,28H2,1-3H3/t10?,14?,16-,17?,22?,27-/m0/s1. The first kappa shape index (κ1) is 26.3. The van der Waals surface area contributed by atoms with Crippen molar-refractivity contribution in [3.8, 4) is 17.2 Å². The molecule has 0 radical (unpaired) electrons. The smallest absolute Gasteiger partial charge is 0.202 e. The van der Waals surface area contributed by atoms with Crippen molar-refractivity contribution in [3.05, 3.63) is 51.6 Å². The third kappa shape index (κ3) is 3.81. The minimum absolute atomic E-state index is 0.0147. The summed E-state index contributed by atoms with van der Waals surface area (Å²) >= 11 is 0. The molecule has 3 aliphatic rings. The normalized spacial score (nSPS) is 30.3. The molecule has 1 saturated heterocycles. The maximum absolute atomic E-state index is 13.6. The molecule has 1 fully saturated rings. The highest BCUT2D eigenvalue weighted by atomic mass is 16.7. The number of aromatic hydroxyl groups is 2. The van der Waals surface area contributed by atoms with Crippen molar-refractivity contribution in [3.63, 3.8) is 0 Å². The predicted molar refractivity (Wildman–Crippen MR) is 130 cm³/mol. The van der Waals surface area contributed by atoms with Gasteiger partial charge in [0.15, 0.2) is 17.9 Å². The van der Waals surface area contributed by atoms with Crippen molar-refractivity contribution < 1.29 is 49.0 Å². The fourth-order valence-electron chi connectivity index (χ4n) is 5.66. The van der Waals surface area contributed by atoms with E-state index < -0.39 is 82.6 Å². The summed E-state index contributed by atoms with van der Waals surface area (Å²) in [4.78, 5) is 39.6. The lowest BCUT2D eigenvalue weighted by molar-refractivity contribution is -0.247. The molecular weight excluding hydrogens is 498 g/mol. The lowest BCUT2D eigenvalue weighted by Gasteiger charge is -2.42. The number of ketones is 3. The van der Waals surface area contributed by atoms with Crippen LogP contribution in [0.1, 0.15) is 75.8 Å². The summed E-state index contributed by atoms with van der Waals surface area (Å²) in [6.07, 6.45) is -4.53. The van der Waals surface area contributed by atoms with Gasteiger partial charge in [-0.1, -0.05) is 12.1 Å². The van der Waals surface area contributed by atoms with E-state index in [1.165, 1.54) is 32.2 Å². The average Bonchev–Trinajstić information content (AvgIpc) is 2.87. The summed E-state index contributed by atoms with van der Waals surface area (Å²) in [5, 5.41) is 44.1. The third-order valence-corrected chi connectivity index (χ3v) is 7.80. The number of Topliss-reactive ketones (excluding diaryl/α,β-unsaturated/α-hetero) is 1. The van der Waals surface area contributed by atoms with E-state index in [2.05, 4.69) is 0 Å². The number of benzene rings is 2. The fraction of sp³-hybridized carbons (Fsp3) is 0.444. The number of methoxy groups -OCH3 is 1. The van der Waals surface area contributed by atoms with Gasteiger partial charge in [0.2, 0.25) is 5.78 Å². The van der Waals surface area contributed by atoms with Gasteiger partial charge >= 0.3 is 0 Å². The quantitative estimate of drug-likeness (QED) is 0.305. The Labute approximate surface area is 217 Å². The van der Waals surface area contributed by atoms with Crippen LogP contribution in [0.2, 0.25) is 0 Å². The monoisotopic (exact) mass is 527 g/mol. The first-order valence-corrected chi connectivity index (χ1v) is 12.2. The number of ether oxygens (including phenoxy) is 3. The SMILES string of the molecule is COc1cccc2c1C(=O)c1c(O)c3c(c(O)c1C2=O)C[C@@](O)(C(C)=O)C[C@@H]3OC1CC(N)C(O)C(C)O1. The topological polar surface area (TPSA) is 186 Å². The van der Waals surface area contributed by atoms with E-state index in [-0.39, 0.29) is 40.8 Å². The van der Waals surface area contributed by atoms with Gasteiger partial charge in [-0.05, 0) is 19.9 Å². The molecule has 2 aliphatic carbocycles. The molecule has 1 aliphatic heterocycles. The Kier molecular flexibility index (Phi) is 6.32. The first-order valence-electron chi connectivity index (χ1n) is 12.2. The Hall–Kier alpha value is -3.35. The lowest BCUT2D eigenvalue weighted by atomic mass is 9.72. The van der Waals surface area contributed by atoms with Gasteiger partial charge in [0.1, 0.15) is 22.8 Å². The molecule has 6 N–H and O–H groups in total. The zero-order valence-electron chi connectivity index (χ0n) is 21.1. The maximum Gasteiger partial charge on any atom is 0.202 e. The van der Waals surface area contributed by atoms with E-state index in [0.29, 0.717) is 0 Å². The zero-order valence-corrected chi connectivity index (χ0v) is 21.1. The number of nitrogens with two attached hydrogens (primary N) is 1. The van der Waals surface area contributed by atoms with E-state index in [1.807, 2.05) is 0 Å². The largest absolute Gasteiger partial charge is 0.507 e. The van der Waals surface area contributed by atoms with Crippen molar-refractivity contribution in [2.75, 3.05) is 7.11 Å². The Morgan fingerprint density at radius 1 is 1.13 bits per heavy atom. The molecule has 1 heterocycles. The molecule has 0 spiro atoms. The van der Waals surface area contributed by atoms with Crippen LogP contribution in [-0.4, -0.2) is 75.0 Å². The second-order valence-corrected chi connectivity index (χ2v) is 10.1. The van der Waals surface area contributed by atoms with Crippen molar-refractivity contribution in [1.82, 2.24) is 0 Å². The van der Waals surface area contributed by atoms with Crippen LogP contribution >= 0.6 is 0 Å². The van der Waals surface area contributed by atoms with E-state index in [1.54, 1.807) is 6.92 Å². The van der Waals surface area contributed by atoms with Crippen LogP contribution in [0.3, 0.4) is 0 Å². The van der Waals surface area contributed by atoms with Crippen LogP contribution < -0.4 is 10.5 Å². The summed E-state index contributed by atoms with van der Waals surface area (Å²) < 4.78 is 17.1. The molecule has 4 unspecified atom stereocenters. The molecule has 11 nitrogen and oxygen atoms in total. The van der Waals surface area contributed by atoms with Gasteiger partial charge < -0.3 is 40.4 Å². The van der Waals surface area contributed by atoms with Crippen molar-refractivity contribution >= 4 is 17.3 Å². The molecular formula is C27H29NO10. The summed E-state index contributed by atoms with van der Waals surface area (Å²) in [5.74, 6) is -3.18. The molecule has 202 valence electrons. The third-order valence-electron chi connectivity index (χ3n) is 7.80. The molecule has 0 bridgehead atoms. The second kappa shape index (κ2) is 9.14. The second-order valence-electron chi connectivity index (χ2n) is 10.1. The first-order chi connectivity index (χ1) is 17.9. The highest BCUT2D eigenvalue weighted by Gasteiger charge is 2.49. The number of aliphatic hydroxyl groups is 2. The van der Waals surface area contributed by atoms with Gasteiger partial charge in [0.05, 0.1) is 42.1 Å². The molecule has 5 rings (SSSR count). The number of phenolic OH excluding ortho intramolecular Hbond substituents is 2. The summed E-state index contributed by atoms with van der Waals surface area (Å²) in [7, 11) is 1.34. The van der Waals surface area contributed by atoms with Crippen molar-refractivity contribution in [2.45, 2.75) is 69.4 Å². The van der Waals surface area contributed by atoms with Crippen LogP contribution in [0.15, 0.2) is 18.2 Å². The number of fused-ring (bicyclic) bond motifs is 3. The van der Waals surface area contributed by atoms with Crippen LogP contribution in [0.5, 0.6) is 17.2 Å². The average molecular weight is 528 g/mol. The highest BCUT2D eigenvalue weighted by molar-refractivity contribution is 6.31. The van der Waals surface area contributed by atoms with Gasteiger partial charge in [0, 0.05) is 42.0 Å². The highest BCUT2D eigenvalue weighted by Crippen LogP contribution is 2.52. The number of rotatable bonds is 4. The summed E-state index contributed by atoms with van der Waals surface area (Å²) in [6.45, 7) is 2.79. The molecule has 2 aromatic carbocycles. The number of phenols is 2. The zero-order chi connectivity index (χ0) is 27.7. The minimum Gasteiger partial charge on any atom is -0.507 e. The predicted octanol–water partition coefficient (Wildman–Crippen LogP) is 1.03. The van der Waals surface area contributed by atoms with Crippen LogP contribution in [-0.2, 0) is 20.7 Å². The number of carbonyl (C=O) groups excluding carboxylic acids is 3. The van der Waals surface area contributed by atoms with Crippen LogP contribution in [0, 0.1) is 0 Å². The number of hydrogen-bond donors (Lipinski definition) is 5. The molecule has 0 amide bonds. The lowest BCUT2D eigenvalue weighted by Crippen LogP contribution is -2.52. The van der Waals surface area contributed by atoms with Crippen LogP contribution in [0.25, 0.3) is 0 Å². The van der Waals surface area contributed by atoms with E-state index in [9.17, 15) is 34.8 Å². The van der Waals surface area contributed by atoms with Gasteiger partial charge in [-0.2, -0.15) is 0 Å². The van der Waals surface area contributed by atoms with Gasteiger partial charge in [0.25, 0.3) is 0 Å². The molecule has 6 atom stereocenters. The molecule has 11 heteroatoms. The number of hydrogen-bond acceptors (Lipinski definition) is 11. The van der Waals surface area contributed by atoms with Crippen molar-refractivity contribution in [1.29, 1.82) is 0 Å². The fourth-order valence-corrected chi connectivity index (χ4v) is 5.66. The molecule has 2 aromatic rings. The van der Waals surface area contributed by atoms with Gasteiger partial charge in [-0.15, -0.1) is 0 Å². The van der Waals surface area contributed by atoms with Crippen molar-refractivity contribution in [2.24, 2.45) is 5.73 Å². The Morgan fingerprint density at radius 2 is 1.82 bits per heavy atom. The summed E-state index contributed by atoms with van der Waals surface area (Å²) in [6, 6.07) is 3.75. The molecule has 38 heavy (non-hydrogen) atoms. The Balaban J connectivity index is 1.68. The van der Waals surface area contributed by atoms with Gasteiger partial charge in [-0.25, -0.2) is 0 Å². The maximum atomic E-state index is 13.6. The van der Waals surface area contributed by atoms with E-state index in [0.717, 1.165) is 0 Å². The summed E-state index contributed by atoms with van der Waals surface area (Å²) in [5.41, 5.74) is 2.97. The van der Waals surface area contributed by atoms with E-state index in [4.69, 9.17) is 19.9 Å². The van der Waals surface area contributed by atoms with Crippen LogP contribution in [0.4, 0.5) is 0 Å². The van der Waals surface area contributed by atoms with Gasteiger partial charge in [-0.3, -0.25) is 14.4 Å². The Bertz CT molecular complexity index is 1360. The van der Waals surface area contributed by atoms with E-state index >= 15 is 0 Å².